The van der Waals surface area contributed by atoms with Crippen molar-refractivity contribution >= 4 is 11.8 Å². The normalized spacial score (nSPS) is 10.9. The highest BCUT2D eigenvalue weighted by Gasteiger charge is 2.11. The molecule has 1 aromatic heterocycles. The van der Waals surface area contributed by atoms with Crippen LogP contribution in [0.3, 0.4) is 0 Å². The fourth-order valence-corrected chi connectivity index (χ4v) is 3.40. The number of thioether (sulfide) groups is 1. The molecule has 0 atom stereocenters. The van der Waals surface area contributed by atoms with Gasteiger partial charge >= 0.3 is 0 Å². The van der Waals surface area contributed by atoms with Crippen LogP contribution in [0.25, 0.3) is 5.69 Å². The monoisotopic (exact) mass is 323 g/mol. The van der Waals surface area contributed by atoms with Crippen molar-refractivity contribution in [2.24, 2.45) is 0 Å². The van der Waals surface area contributed by atoms with Gasteiger partial charge in [0.25, 0.3) is 0 Å². The van der Waals surface area contributed by atoms with Crippen molar-refractivity contribution in [1.82, 2.24) is 14.8 Å². The first kappa shape index (κ1) is 15.8. The van der Waals surface area contributed by atoms with Gasteiger partial charge in [-0.05, 0) is 43.5 Å². The smallest absolute Gasteiger partial charge is 0.196 e. The van der Waals surface area contributed by atoms with Crippen molar-refractivity contribution in [3.8, 4) is 5.69 Å². The molecule has 0 radical (unpaired) electrons. The summed E-state index contributed by atoms with van der Waals surface area (Å²) in [5.41, 5.74) is 5.05. The molecule has 0 aliphatic rings. The van der Waals surface area contributed by atoms with Gasteiger partial charge in [-0.15, -0.1) is 10.2 Å². The number of hydrogen-bond acceptors (Lipinski definition) is 3. The average Bonchev–Trinajstić information content (AvgIpc) is 2.95. The molecule has 0 bridgehead atoms. The molecule has 23 heavy (non-hydrogen) atoms. The second kappa shape index (κ2) is 7.01. The molecule has 4 heteroatoms. The highest BCUT2D eigenvalue weighted by atomic mass is 32.2. The van der Waals surface area contributed by atoms with Gasteiger partial charge in [0.05, 0.1) is 0 Å². The van der Waals surface area contributed by atoms with Crippen LogP contribution in [0, 0.1) is 13.8 Å². The van der Waals surface area contributed by atoms with Gasteiger partial charge < -0.3 is 0 Å². The van der Waals surface area contributed by atoms with Crippen LogP contribution >= 0.6 is 11.8 Å². The number of nitrogens with zero attached hydrogens (tertiary/aromatic N) is 3. The van der Waals surface area contributed by atoms with E-state index in [1.807, 2.05) is 6.92 Å². The Labute approximate surface area is 141 Å². The van der Waals surface area contributed by atoms with Crippen LogP contribution in [0.5, 0.6) is 0 Å². The van der Waals surface area contributed by atoms with E-state index in [2.05, 4.69) is 77.1 Å². The number of benzene rings is 2. The molecule has 0 aliphatic carbocycles. The Bertz CT molecular complexity index is 773. The molecular weight excluding hydrogens is 302 g/mol. The lowest BCUT2D eigenvalue weighted by atomic mass is 10.1. The predicted octanol–water partition coefficient (Wildman–Crippen LogP) is 4.74. The lowest BCUT2D eigenvalue weighted by Gasteiger charge is -2.09. The first-order valence-corrected chi connectivity index (χ1v) is 8.85. The van der Waals surface area contributed by atoms with Gasteiger partial charge in [-0.3, -0.25) is 4.57 Å². The third-order valence-corrected chi connectivity index (χ3v) is 4.89. The maximum atomic E-state index is 4.34. The molecule has 2 aromatic carbocycles. The molecule has 0 fully saturated rings. The minimum Gasteiger partial charge on any atom is -0.274 e. The Hall–Kier alpha value is -2.07. The summed E-state index contributed by atoms with van der Waals surface area (Å²) in [6.07, 6.45) is 1.05. The van der Waals surface area contributed by atoms with Gasteiger partial charge in [0.15, 0.2) is 5.16 Å². The topological polar surface area (TPSA) is 30.7 Å². The standard InChI is InChI=1S/C19H21N3S/c1-4-16-9-11-18(12-10-16)22-15(3)20-21-19(22)23-13-17-7-5-14(2)6-8-17/h5-12H,4,13H2,1-3H3. The molecular formula is C19H21N3S. The first-order valence-electron chi connectivity index (χ1n) is 7.87. The van der Waals surface area contributed by atoms with Crippen LogP contribution < -0.4 is 0 Å². The summed E-state index contributed by atoms with van der Waals surface area (Å²) in [6, 6.07) is 17.3. The number of aromatic nitrogens is 3. The van der Waals surface area contributed by atoms with Crippen molar-refractivity contribution in [1.29, 1.82) is 0 Å². The van der Waals surface area contributed by atoms with Crippen molar-refractivity contribution in [2.45, 2.75) is 38.1 Å². The summed E-state index contributed by atoms with van der Waals surface area (Å²) < 4.78 is 2.12. The maximum Gasteiger partial charge on any atom is 0.196 e. The Balaban J connectivity index is 1.81. The Morgan fingerprint density at radius 2 is 1.52 bits per heavy atom. The van der Waals surface area contributed by atoms with Crippen molar-refractivity contribution in [3.05, 3.63) is 71.0 Å². The van der Waals surface area contributed by atoms with Gasteiger partial charge in [0.1, 0.15) is 5.82 Å². The molecule has 0 amide bonds. The number of rotatable bonds is 5. The fourth-order valence-electron chi connectivity index (χ4n) is 2.45. The predicted molar refractivity (Wildman–Crippen MR) is 96.2 cm³/mol. The highest BCUT2D eigenvalue weighted by Crippen LogP contribution is 2.25. The molecule has 118 valence electrons. The Morgan fingerprint density at radius 1 is 0.870 bits per heavy atom. The molecule has 0 aliphatic heterocycles. The largest absolute Gasteiger partial charge is 0.274 e. The third-order valence-electron chi connectivity index (χ3n) is 3.89. The molecule has 3 aromatic rings. The SMILES string of the molecule is CCc1ccc(-n2c(C)nnc2SCc2ccc(C)cc2)cc1. The average molecular weight is 323 g/mol. The van der Waals surface area contributed by atoms with E-state index in [4.69, 9.17) is 0 Å². The summed E-state index contributed by atoms with van der Waals surface area (Å²) in [6.45, 7) is 6.27. The van der Waals surface area contributed by atoms with Crippen LogP contribution in [-0.2, 0) is 12.2 Å². The van der Waals surface area contributed by atoms with Gasteiger partial charge in [0, 0.05) is 11.4 Å². The second-order valence-corrected chi connectivity index (χ2v) is 6.60. The number of aryl methyl sites for hydroxylation is 3. The minimum absolute atomic E-state index is 0.894. The minimum atomic E-state index is 0.894. The summed E-state index contributed by atoms with van der Waals surface area (Å²) in [5.74, 6) is 1.81. The van der Waals surface area contributed by atoms with Crippen molar-refractivity contribution in [2.75, 3.05) is 0 Å². The van der Waals surface area contributed by atoms with Crippen molar-refractivity contribution < 1.29 is 0 Å². The Morgan fingerprint density at radius 3 is 2.17 bits per heavy atom. The third kappa shape index (κ3) is 3.64. The van der Waals surface area contributed by atoms with Crippen molar-refractivity contribution in [3.63, 3.8) is 0 Å². The van der Waals surface area contributed by atoms with Crippen LogP contribution in [0.4, 0.5) is 0 Å². The molecule has 3 nitrogen and oxygen atoms in total. The zero-order valence-corrected chi connectivity index (χ0v) is 14.6. The summed E-state index contributed by atoms with van der Waals surface area (Å²) in [5, 5.41) is 9.53. The van der Waals surface area contributed by atoms with Gasteiger partial charge in [-0.25, -0.2) is 0 Å². The summed E-state index contributed by atoms with van der Waals surface area (Å²) in [4.78, 5) is 0. The van der Waals surface area contributed by atoms with E-state index < -0.39 is 0 Å². The van der Waals surface area contributed by atoms with Crippen LogP contribution in [0.1, 0.15) is 29.4 Å². The van der Waals surface area contributed by atoms with Gasteiger partial charge in [0.2, 0.25) is 0 Å². The van der Waals surface area contributed by atoms with E-state index in [1.165, 1.54) is 16.7 Å². The van der Waals surface area contributed by atoms with Crippen LogP contribution in [0.15, 0.2) is 53.7 Å². The molecule has 0 saturated heterocycles. The Kier molecular flexibility index (Phi) is 4.82. The maximum absolute atomic E-state index is 4.34. The zero-order valence-electron chi connectivity index (χ0n) is 13.8. The van der Waals surface area contributed by atoms with E-state index in [9.17, 15) is 0 Å². The van der Waals surface area contributed by atoms with Crippen LogP contribution in [0.2, 0.25) is 0 Å². The second-order valence-electron chi connectivity index (χ2n) is 5.66. The highest BCUT2D eigenvalue weighted by molar-refractivity contribution is 7.98. The molecule has 3 rings (SSSR count). The van der Waals surface area contributed by atoms with E-state index in [0.717, 1.165) is 28.8 Å². The van der Waals surface area contributed by atoms with E-state index in [1.54, 1.807) is 11.8 Å². The molecule has 0 saturated carbocycles. The van der Waals surface area contributed by atoms with Gasteiger partial charge in [-0.1, -0.05) is 60.6 Å². The lowest BCUT2D eigenvalue weighted by Crippen LogP contribution is -1.99. The van der Waals surface area contributed by atoms with E-state index in [-0.39, 0.29) is 0 Å². The van der Waals surface area contributed by atoms with Crippen LogP contribution in [-0.4, -0.2) is 14.8 Å². The van der Waals surface area contributed by atoms with Gasteiger partial charge in [-0.2, -0.15) is 0 Å². The fraction of sp³-hybridized carbons (Fsp3) is 0.263. The number of hydrogen-bond donors (Lipinski definition) is 0. The molecule has 0 N–H and O–H groups in total. The quantitative estimate of drug-likeness (QED) is 0.635. The molecule has 1 heterocycles. The zero-order chi connectivity index (χ0) is 16.2. The van der Waals surface area contributed by atoms with E-state index >= 15 is 0 Å². The molecule has 0 spiro atoms. The summed E-state index contributed by atoms with van der Waals surface area (Å²) >= 11 is 1.72. The first-order chi connectivity index (χ1) is 11.2. The lowest BCUT2D eigenvalue weighted by molar-refractivity contribution is 0.867. The summed E-state index contributed by atoms with van der Waals surface area (Å²) in [7, 11) is 0. The van der Waals surface area contributed by atoms with E-state index in [0.29, 0.717) is 0 Å². The molecule has 0 unspecified atom stereocenters.